The minimum atomic E-state index is 0.108. The molecule has 1 saturated heterocycles. The molecule has 0 aromatic carbocycles. The number of amides is 1. The molecule has 7 nitrogen and oxygen atoms in total. The van der Waals surface area contributed by atoms with E-state index < -0.39 is 0 Å². The standard InChI is InChI=1S/C21H37N5O2S/c1-17-18(2)26(19-7-4-5-8-19)21(29)25(17)16-24-12-10-23(11-13-24)15-20(27)22-9-6-14-28-3/h19H,4-16H2,1-3H3,(H,22,27). The molecule has 2 aliphatic rings. The van der Waals surface area contributed by atoms with Crippen LogP contribution in [0.2, 0.25) is 0 Å². The highest BCUT2D eigenvalue weighted by molar-refractivity contribution is 7.71. The van der Waals surface area contributed by atoms with E-state index in [9.17, 15) is 4.79 Å². The van der Waals surface area contributed by atoms with Crippen LogP contribution in [0, 0.1) is 18.6 Å². The number of imidazole rings is 1. The number of methoxy groups -OCH3 is 1. The van der Waals surface area contributed by atoms with E-state index in [2.05, 4.69) is 38.1 Å². The molecule has 1 aliphatic carbocycles. The lowest BCUT2D eigenvalue weighted by atomic mass is 10.2. The Morgan fingerprint density at radius 1 is 1.10 bits per heavy atom. The largest absolute Gasteiger partial charge is 0.385 e. The lowest BCUT2D eigenvalue weighted by Crippen LogP contribution is -2.49. The van der Waals surface area contributed by atoms with Crippen LogP contribution in [0.25, 0.3) is 0 Å². The van der Waals surface area contributed by atoms with Crippen molar-refractivity contribution in [3.05, 3.63) is 16.2 Å². The summed E-state index contributed by atoms with van der Waals surface area (Å²) < 4.78 is 10.7. The van der Waals surface area contributed by atoms with E-state index in [0.717, 1.165) is 44.0 Å². The molecule has 0 unspecified atom stereocenters. The molecule has 2 fully saturated rings. The molecular weight excluding hydrogens is 386 g/mol. The van der Waals surface area contributed by atoms with Crippen LogP contribution >= 0.6 is 12.2 Å². The molecular formula is C21H37N5O2S. The Bertz CT molecular complexity index is 730. The number of nitrogens with zero attached hydrogens (tertiary/aromatic N) is 4. The van der Waals surface area contributed by atoms with Crippen molar-refractivity contribution in [3.8, 4) is 0 Å². The fraction of sp³-hybridized carbons (Fsp3) is 0.810. The number of ether oxygens (including phenoxy) is 1. The van der Waals surface area contributed by atoms with Crippen LogP contribution in [0.3, 0.4) is 0 Å². The van der Waals surface area contributed by atoms with Crippen molar-refractivity contribution in [2.24, 2.45) is 0 Å². The van der Waals surface area contributed by atoms with Crippen molar-refractivity contribution < 1.29 is 9.53 Å². The van der Waals surface area contributed by atoms with Crippen molar-refractivity contribution in [1.29, 1.82) is 0 Å². The van der Waals surface area contributed by atoms with Crippen molar-refractivity contribution in [3.63, 3.8) is 0 Å². The summed E-state index contributed by atoms with van der Waals surface area (Å²) in [5.74, 6) is 0.108. The summed E-state index contributed by atoms with van der Waals surface area (Å²) in [6.45, 7) is 10.9. The molecule has 2 heterocycles. The first kappa shape index (κ1) is 22.5. The van der Waals surface area contributed by atoms with Gasteiger partial charge in [0.25, 0.3) is 0 Å². The van der Waals surface area contributed by atoms with Crippen LogP contribution < -0.4 is 5.32 Å². The lowest BCUT2D eigenvalue weighted by molar-refractivity contribution is -0.122. The third kappa shape index (κ3) is 5.69. The van der Waals surface area contributed by atoms with Gasteiger partial charge in [-0.05, 0) is 45.3 Å². The average Bonchev–Trinajstić information content (AvgIpc) is 3.30. The fourth-order valence-corrected chi connectivity index (χ4v) is 5.02. The third-order valence-electron chi connectivity index (χ3n) is 6.44. The Labute approximate surface area is 180 Å². The van der Waals surface area contributed by atoms with Crippen LogP contribution in [0.15, 0.2) is 0 Å². The SMILES string of the molecule is COCCCNC(=O)CN1CCN(Cn2c(C)c(C)n(C3CCCC3)c2=S)CC1. The lowest BCUT2D eigenvalue weighted by Gasteiger charge is -2.34. The van der Waals surface area contributed by atoms with Gasteiger partial charge in [0.05, 0.1) is 13.2 Å². The number of aromatic nitrogens is 2. The van der Waals surface area contributed by atoms with Crippen LogP contribution in [-0.4, -0.2) is 77.8 Å². The van der Waals surface area contributed by atoms with Gasteiger partial charge < -0.3 is 19.2 Å². The first-order valence-corrected chi connectivity index (χ1v) is 11.4. The molecule has 1 amide bonds. The van der Waals surface area contributed by atoms with Gasteiger partial charge >= 0.3 is 0 Å². The number of carbonyl (C=O) groups is 1. The van der Waals surface area contributed by atoms with Crippen molar-refractivity contribution >= 4 is 18.1 Å². The second kappa shape index (κ2) is 10.7. The van der Waals surface area contributed by atoms with Crippen molar-refractivity contribution in [2.45, 2.75) is 58.7 Å². The Hall–Kier alpha value is -1.22. The van der Waals surface area contributed by atoms with Crippen molar-refractivity contribution in [2.75, 3.05) is 53.0 Å². The molecule has 164 valence electrons. The third-order valence-corrected chi connectivity index (χ3v) is 6.85. The summed E-state index contributed by atoms with van der Waals surface area (Å²) in [5, 5.41) is 2.97. The van der Waals surface area contributed by atoms with E-state index in [0.29, 0.717) is 25.7 Å². The normalized spacial score (nSPS) is 19.1. The van der Waals surface area contributed by atoms with E-state index in [1.807, 2.05) is 0 Å². The smallest absolute Gasteiger partial charge is 0.234 e. The monoisotopic (exact) mass is 423 g/mol. The Morgan fingerprint density at radius 2 is 1.76 bits per heavy atom. The van der Waals surface area contributed by atoms with E-state index >= 15 is 0 Å². The molecule has 0 spiro atoms. The second-order valence-electron chi connectivity index (χ2n) is 8.42. The summed E-state index contributed by atoms with van der Waals surface area (Å²) in [6, 6.07) is 0.585. The summed E-state index contributed by atoms with van der Waals surface area (Å²) >= 11 is 5.87. The molecule has 0 radical (unpaired) electrons. The molecule has 1 saturated carbocycles. The molecule has 0 atom stereocenters. The predicted molar refractivity (Wildman–Crippen MR) is 118 cm³/mol. The summed E-state index contributed by atoms with van der Waals surface area (Å²) in [6.07, 6.45) is 6.00. The first-order chi connectivity index (χ1) is 14.0. The molecule has 8 heteroatoms. The van der Waals surface area contributed by atoms with E-state index in [1.54, 1.807) is 7.11 Å². The number of nitrogens with one attached hydrogen (secondary N) is 1. The van der Waals surface area contributed by atoms with Gasteiger partial charge in [-0.2, -0.15) is 0 Å². The number of piperazine rings is 1. The summed E-state index contributed by atoms with van der Waals surface area (Å²) in [5.41, 5.74) is 2.62. The van der Waals surface area contributed by atoms with Crippen LogP contribution in [-0.2, 0) is 16.2 Å². The molecule has 29 heavy (non-hydrogen) atoms. The quantitative estimate of drug-likeness (QED) is 0.489. The topological polar surface area (TPSA) is 54.7 Å². The number of hydrogen-bond acceptors (Lipinski definition) is 5. The second-order valence-corrected chi connectivity index (χ2v) is 8.79. The predicted octanol–water partition coefficient (Wildman–Crippen LogP) is 2.48. The first-order valence-electron chi connectivity index (χ1n) is 11.0. The minimum Gasteiger partial charge on any atom is -0.385 e. The molecule has 3 rings (SSSR count). The highest BCUT2D eigenvalue weighted by Crippen LogP contribution is 2.32. The molecule has 1 aromatic heterocycles. The molecule has 0 bridgehead atoms. The number of hydrogen-bond donors (Lipinski definition) is 1. The Kier molecular flexibility index (Phi) is 8.29. The minimum absolute atomic E-state index is 0.108. The van der Waals surface area contributed by atoms with Gasteiger partial charge in [-0.1, -0.05) is 12.8 Å². The highest BCUT2D eigenvalue weighted by Gasteiger charge is 2.24. The van der Waals surface area contributed by atoms with Crippen LogP contribution in [0.1, 0.15) is 49.5 Å². The van der Waals surface area contributed by atoms with Gasteiger partial charge in [0.2, 0.25) is 5.91 Å². The maximum absolute atomic E-state index is 12.1. The maximum atomic E-state index is 12.1. The van der Waals surface area contributed by atoms with Gasteiger partial charge in [0, 0.05) is 63.9 Å². The van der Waals surface area contributed by atoms with Gasteiger partial charge in [0.1, 0.15) is 0 Å². The van der Waals surface area contributed by atoms with E-state index in [-0.39, 0.29) is 5.91 Å². The zero-order chi connectivity index (χ0) is 20.8. The fourth-order valence-electron chi connectivity index (χ4n) is 4.54. The van der Waals surface area contributed by atoms with E-state index in [4.69, 9.17) is 17.0 Å². The Morgan fingerprint density at radius 3 is 2.41 bits per heavy atom. The highest BCUT2D eigenvalue weighted by atomic mass is 32.1. The van der Waals surface area contributed by atoms with Crippen LogP contribution in [0.5, 0.6) is 0 Å². The zero-order valence-electron chi connectivity index (χ0n) is 18.3. The zero-order valence-corrected chi connectivity index (χ0v) is 19.1. The maximum Gasteiger partial charge on any atom is 0.234 e. The average molecular weight is 424 g/mol. The molecule has 1 N–H and O–H groups in total. The van der Waals surface area contributed by atoms with Gasteiger partial charge in [-0.3, -0.25) is 14.6 Å². The van der Waals surface area contributed by atoms with Crippen LogP contribution in [0.4, 0.5) is 0 Å². The van der Waals surface area contributed by atoms with Crippen molar-refractivity contribution in [1.82, 2.24) is 24.3 Å². The van der Waals surface area contributed by atoms with Gasteiger partial charge in [-0.25, -0.2) is 0 Å². The molecule has 1 aliphatic heterocycles. The number of rotatable bonds is 9. The van der Waals surface area contributed by atoms with Gasteiger partial charge in [-0.15, -0.1) is 0 Å². The van der Waals surface area contributed by atoms with E-state index in [1.165, 1.54) is 37.1 Å². The number of carbonyl (C=O) groups excluding carboxylic acids is 1. The summed E-state index contributed by atoms with van der Waals surface area (Å²) in [7, 11) is 1.68. The summed E-state index contributed by atoms with van der Waals surface area (Å²) in [4.78, 5) is 16.8. The van der Waals surface area contributed by atoms with Gasteiger partial charge in [0.15, 0.2) is 4.77 Å². The molecule has 1 aromatic rings. The Balaban J connectivity index is 1.49.